The van der Waals surface area contributed by atoms with Crippen LogP contribution in [0.25, 0.3) is 0 Å². The van der Waals surface area contributed by atoms with Gasteiger partial charge in [0, 0.05) is 27.2 Å². The molecule has 1 aromatic carbocycles. The maximum atomic E-state index is 12.3. The van der Waals surface area contributed by atoms with Gasteiger partial charge in [-0.2, -0.15) is 0 Å². The van der Waals surface area contributed by atoms with Crippen LogP contribution >= 0.6 is 0 Å². The summed E-state index contributed by atoms with van der Waals surface area (Å²) in [6.45, 7) is 5.92. The van der Waals surface area contributed by atoms with E-state index in [0.29, 0.717) is 5.69 Å². The first-order valence-electron chi connectivity index (χ1n) is 6.92. The van der Waals surface area contributed by atoms with Crippen molar-refractivity contribution in [2.24, 2.45) is 0 Å². The van der Waals surface area contributed by atoms with Crippen LogP contribution in [0.5, 0.6) is 0 Å². The summed E-state index contributed by atoms with van der Waals surface area (Å²) in [6, 6.07) is 5.19. The largest absolute Gasteiger partial charge is 0.396 e. The molecule has 5 nitrogen and oxygen atoms in total. The second-order valence-electron chi connectivity index (χ2n) is 4.96. The Balaban J connectivity index is 3.31. The lowest BCUT2D eigenvalue weighted by atomic mass is 10.2. The topological polar surface area (TPSA) is 66.6 Å². The van der Waals surface area contributed by atoms with Crippen LogP contribution in [0, 0.1) is 0 Å². The van der Waals surface area contributed by atoms with Gasteiger partial charge in [-0.25, -0.2) is 12.7 Å². The van der Waals surface area contributed by atoms with Gasteiger partial charge < -0.3 is 10.6 Å². The molecule has 0 aromatic heterocycles. The van der Waals surface area contributed by atoms with Crippen molar-refractivity contribution in [2.45, 2.75) is 31.6 Å². The van der Waals surface area contributed by atoms with E-state index < -0.39 is 10.0 Å². The molecule has 1 rings (SSSR count). The van der Waals surface area contributed by atoms with Crippen molar-refractivity contribution >= 4 is 21.4 Å². The van der Waals surface area contributed by atoms with Crippen LogP contribution in [0.2, 0.25) is 0 Å². The van der Waals surface area contributed by atoms with Gasteiger partial charge in [0.15, 0.2) is 0 Å². The van der Waals surface area contributed by atoms with Gasteiger partial charge in [0.1, 0.15) is 4.90 Å². The van der Waals surface area contributed by atoms with Crippen LogP contribution < -0.4 is 10.6 Å². The first-order valence-corrected chi connectivity index (χ1v) is 8.36. The highest BCUT2D eigenvalue weighted by Crippen LogP contribution is 2.31. The van der Waals surface area contributed by atoms with E-state index >= 15 is 0 Å². The summed E-state index contributed by atoms with van der Waals surface area (Å²) in [4.78, 5) is 2.32. The van der Waals surface area contributed by atoms with Crippen molar-refractivity contribution in [2.75, 3.05) is 37.8 Å². The van der Waals surface area contributed by atoms with Crippen LogP contribution in [0.1, 0.15) is 26.7 Å². The minimum absolute atomic E-state index is 0.178. The van der Waals surface area contributed by atoms with Gasteiger partial charge >= 0.3 is 0 Å². The molecule has 1 aromatic rings. The number of anilines is 2. The minimum Gasteiger partial charge on any atom is -0.396 e. The number of benzene rings is 1. The third-order valence-corrected chi connectivity index (χ3v) is 5.00. The zero-order valence-corrected chi connectivity index (χ0v) is 13.6. The third-order valence-electron chi connectivity index (χ3n) is 3.13. The molecule has 6 heteroatoms. The molecule has 0 fully saturated rings. The molecule has 0 radical (unpaired) electrons. The molecule has 0 amide bonds. The Morgan fingerprint density at radius 1 is 1.10 bits per heavy atom. The van der Waals surface area contributed by atoms with Gasteiger partial charge in [-0.3, -0.25) is 0 Å². The molecule has 0 aliphatic heterocycles. The zero-order valence-electron chi connectivity index (χ0n) is 12.8. The van der Waals surface area contributed by atoms with Crippen LogP contribution in [0.4, 0.5) is 11.4 Å². The number of hydrogen-bond acceptors (Lipinski definition) is 4. The molecule has 0 unspecified atom stereocenters. The van der Waals surface area contributed by atoms with Crippen molar-refractivity contribution in [1.82, 2.24) is 4.31 Å². The van der Waals surface area contributed by atoms with Gasteiger partial charge in [-0.15, -0.1) is 0 Å². The molecule has 0 atom stereocenters. The molecule has 114 valence electrons. The summed E-state index contributed by atoms with van der Waals surface area (Å²) in [5.41, 5.74) is 7.26. The van der Waals surface area contributed by atoms with Crippen molar-refractivity contribution in [3.63, 3.8) is 0 Å². The zero-order chi connectivity index (χ0) is 15.3. The number of nitrogens with two attached hydrogens (primary N) is 1. The Labute approximate surface area is 122 Å². The minimum atomic E-state index is -3.51. The second kappa shape index (κ2) is 6.95. The van der Waals surface area contributed by atoms with Gasteiger partial charge in [0.25, 0.3) is 0 Å². The summed E-state index contributed by atoms with van der Waals surface area (Å²) in [5, 5.41) is 0. The van der Waals surface area contributed by atoms with E-state index in [4.69, 9.17) is 5.73 Å². The molecule has 0 heterocycles. The summed E-state index contributed by atoms with van der Waals surface area (Å²) in [7, 11) is -0.489. The molecule has 0 saturated carbocycles. The molecule has 0 aliphatic carbocycles. The van der Waals surface area contributed by atoms with Gasteiger partial charge in [-0.1, -0.05) is 19.9 Å². The highest BCUT2D eigenvalue weighted by Gasteiger charge is 2.23. The predicted octanol–water partition coefficient (Wildman–Crippen LogP) is 2.15. The first kappa shape index (κ1) is 16.8. The SMILES string of the molecule is CCCN(CCC)c1cccc(S(=O)(=O)N(C)C)c1N. The average molecular weight is 299 g/mol. The Morgan fingerprint density at radius 3 is 2.10 bits per heavy atom. The van der Waals surface area contributed by atoms with Crippen LogP contribution in [0.3, 0.4) is 0 Å². The Bertz CT molecular complexity index is 535. The van der Waals surface area contributed by atoms with Gasteiger partial charge in [0.05, 0.1) is 11.4 Å². The summed E-state index contributed by atoms with van der Waals surface area (Å²) < 4.78 is 25.7. The van der Waals surface area contributed by atoms with Crippen molar-refractivity contribution in [1.29, 1.82) is 0 Å². The van der Waals surface area contributed by atoms with Crippen molar-refractivity contribution in [3.05, 3.63) is 18.2 Å². The molecule has 0 aliphatic rings. The lowest BCUT2D eigenvalue weighted by Crippen LogP contribution is -2.28. The van der Waals surface area contributed by atoms with Crippen molar-refractivity contribution in [3.8, 4) is 0 Å². The van der Waals surface area contributed by atoms with Crippen molar-refractivity contribution < 1.29 is 8.42 Å². The number of nitrogens with zero attached hydrogens (tertiary/aromatic N) is 2. The summed E-state index contributed by atoms with van der Waals surface area (Å²) >= 11 is 0. The lowest BCUT2D eigenvalue weighted by Gasteiger charge is -2.26. The highest BCUT2D eigenvalue weighted by atomic mass is 32.2. The van der Waals surface area contributed by atoms with E-state index in [1.807, 2.05) is 6.07 Å². The van der Waals surface area contributed by atoms with E-state index in [-0.39, 0.29) is 4.90 Å². The fourth-order valence-corrected chi connectivity index (χ4v) is 3.15. The average Bonchev–Trinajstić information content (AvgIpc) is 2.38. The van der Waals surface area contributed by atoms with E-state index in [0.717, 1.165) is 31.6 Å². The van der Waals surface area contributed by atoms with E-state index in [1.165, 1.54) is 18.4 Å². The molecule has 0 spiro atoms. The van der Waals surface area contributed by atoms with Crippen LogP contribution in [0.15, 0.2) is 23.1 Å². The van der Waals surface area contributed by atoms with E-state index in [9.17, 15) is 8.42 Å². The Morgan fingerprint density at radius 2 is 1.65 bits per heavy atom. The molecular weight excluding hydrogens is 274 g/mol. The first-order chi connectivity index (χ1) is 9.36. The summed E-state index contributed by atoms with van der Waals surface area (Å²) in [5.74, 6) is 0. The molecule has 20 heavy (non-hydrogen) atoms. The van der Waals surface area contributed by atoms with Gasteiger partial charge in [-0.05, 0) is 25.0 Å². The standard InChI is InChI=1S/C14H25N3O2S/c1-5-10-17(11-6-2)12-8-7-9-13(14(12)15)20(18,19)16(3)4/h7-9H,5-6,10-11,15H2,1-4H3. The highest BCUT2D eigenvalue weighted by molar-refractivity contribution is 7.89. The Kier molecular flexibility index (Phi) is 5.83. The number of rotatable bonds is 7. The molecular formula is C14H25N3O2S. The quantitative estimate of drug-likeness (QED) is 0.783. The second-order valence-corrected chi connectivity index (χ2v) is 7.08. The fraction of sp³-hybridized carbons (Fsp3) is 0.571. The van der Waals surface area contributed by atoms with Crippen LogP contribution in [-0.2, 0) is 10.0 Å². The predicted molar refractivity (Wildman–Crippen MR) is 84.5 cm³/mol. The number of hydrogen-bond donors (Lipinski definition) is 1. The summed E-state index contributed by atoms with van der Waals surface area (Å²) in [6.07, 6.45) is 1.98. The molecule has 2 N–H and O–H groups in total. The van der Waals surface area contributed by atoms with E-state index in [2.05, 4.69) is 18.7 Å². The van der Waals surface area contributed by atoms with E-state index in [1.54, 1.807) is 12.1 Å². The molecule has 0 saturated heterocycles. The Hall–Kier alpha value is -1.27. The lowest BCUT2D eigenvalue weighted by molar-refractivity contribution is 0.521. The molecule has 0 bridgehead atoms. The van der Waals surface area contributed by atoms with Gasteiger partial charge in [0.2, 0.25) is 10.0 Å². The smallest absolute Gasteiger partial charge is 0.244 e. The maximum absolute atomic E-state index is 12.3. The number of nitrogen functional groups attached to an aromatic ring is 1. The monoisotopic (exact) mass is 299 g/mol. The normalized spacial score (nSPS) is 11.8. The number of para-hydroxylation sites is 1. The fourth-order valence-electron chi connectivity index (χ4n) is 2.12. The van der Waals surface area contributed by atoms with Crippen LogP contribution in [-0.4, -0.2) is 39.9 Å². The number of sulfonamides is 1. The third kappa shape index (κ3) is 3.43. The maximum Gasteiger partial charge on any atom is 0.244 e.